The zero-order chi connectivity index (χ0) is 47.5. The van der Waals surface area contributed by atoms with Crippen LogP contribution in [-0.2, 0) is 67.4 Å². The van der Waals surface area contributed by atoms with Gasteiger partial charge in [-0.3, -0.25) is 0 Å². The Morgan fingerprint density at radius 1 is 0.309 bits per heavy atom. The number of isothiocyanates is 2. The summed E-state index contributed by atoms with van der Waals surface area (Å²) >= 11 is 14.8. The van der Waals surface area contributed by atoms with Gasteiger partial charge in [-0.15, -0.1) is 0 Å². The quantitative estimate of drug-likeness (QED) is 0.0636. The number of hydrogen-bond acceptors (Lipinski definition) is 6. The summed E-state index contributed by atoms with van der Waals surface area (Å²) in [5, 5.41) is 33.9. The molecule has 0 bridgehead atoms. The molecule has 0 amide bonds. The van der Waals surface area contributed by atoms with E-state index >= 15 is 0 Å². The van der Waals surface area contributed by atoms with Crippen molar-refractivity contribution in [1.29, 1.82) is 10.5 Å². The van der Waals surface area contributed by atoms with E-state index in [4.69, 9.17) is 21.3 Å². The summed E-state index contributed by atoms with van der Waals surface area (Å²) in [5.41, 5.74) is 9.88. The second kappa shape index (κ2) is 45.3. The molecule has 8 aliphatic rings. The van der Waals surface area contributed by atoms with Gasteiger partial charge in [-0.2, -0.15) is 10.3 Å². The van der Waals surface area contributed by atoms with Gasteiger partial charge in [-0.25, -0.2) is 10.5 Å². The zero-order valence-corrected chi connectivity index (χ0v) is 54.2. The third kappa shape index (κ3) is 27.2. The average molecular weight is 1440 g/mol. The Morgan fingerprint density at radius 3 is 0.485 bits per heavy atom. The summed E-state index contributed by atoms with van der Waals surface area (Å²) in [6, 6.07) is 0. The van der Waals surface area contributed by atoms with Crippen LogP contribution in [-0.4, -0.2) is 67.4 Å². The second-order valence-electron chi connectivity index (χ2n) is 21.7. The first-order chi connectivity index (χ1) is 32.5. The molecule has 0 saturated heterocycles. The van der Waals surface area contributed by atoms with Crippen LogP contribution in [0.1, 0.15) is 257 Å². The molecule has 0 aromatic carbocycles. The van der Waals surface area contributed by atoms with Crippen LogP contribution >= 0.6 is 56.1 Å². The summed E-state index contributed by atoms with van der Waals surface area (Å²) in [6.45, 7) is 0. The Balaban J connectivity index is 0.000000539. The summed E-state index contributed by atoms with van der Waals surface area (Å²) in [6.07, 6.45) is 64.1. The van der Waals surface area contributed by atoms with Crippen molar-refractivity contribution in [3.63, 3.8) is 0 Å². The summed E-state index contributed by atoms with van der Waals surface area (Å²) in [4.78, 5) is 0. The molecular formula is C54H96N4P4Pt2S4+4. The Hall–Kier alpha value is 2.12. The first kappa shape index (κ1) is 68.1. The van der Waals surface area contributed by atoms with Crippen LogP contribution in [0.2, 0.25) is 0 Å². The molecule has 0 aliphatic heterocycles. The molecule has 0 N–H and O–H groups in total. The van der Waals surface area contributed by atoms with Crippen LogP contribution in [0.15, 0.2) is 0 Å². The smallest absolute Gasteiger partial charge is 0.753 e. The second-order valence-corrected chi connectivity index (χ2v) is 36.4. The molecule has 0 radical (unpaired) electrons. The number of nitrogens with zero attached hydrogens (tertiary/aromatic N) is 4. The number of thiocarbonyl (C=S) groups is 2. The molecule has 0 atom stereocenters. The molecule has 0 aromatic rings. The van der Waals surface area contributed by atoms with Crippen molar-refractivity contribution >= 4 is 91.7 Å². The van der Waals surface area contributed by atoms with Crippen molar-refractivity contribution in [2.45, 2.75) is 302 Å². The number of thiocyanates is 2. The SMILES string of the molecule is C1CCC([PH+](C[PH+](C2CCCCC2)C2CCCCC2)C2CCCCC2)CC1.C1CCC([PH+](C[PH+](C2CCCCC2)C2CCCCC2)C2CCCCC2)CC1.N#C[S-].N#C[S-].[N-]=C=S.[N-]=C=S.[Pt+2].[Pt+2]. The van der Waals surface area contributed by atoms with Crippen LogP contribution in [0.3, 0.4) is 0 Å². The van der Waals surface area contributed by atoms with E-state index in [9.17, 15) is 0 Å². The van der Waals surface area contributed by atoms with E-state index in [2.05, 4.69) is 49.7 Å². The molecule has 68 heavy (non-hydrogen) atoms. The first-order valence-electron chi connectivity index (χ1n) is 28.0. The van der Waals surface area contributed by atoms with Crippen LogP contribution in [0.5, 0.6) is 0 Å². The van der Waals surface area contributed by atoms with E-state index in [1.807, 2.05) is 11.8 Å². The van der Waals surface area contributed by atoms with Crippen LogP contribution < -0.4 is 0 Å². The van der Waals surface area contributed by atoms with E-state index in [1.165, 1.54) is 66.4 Å². The van der Waals surface area contributed by atoms with Gasteiger partial charge >= 0.3 is 42.1 Å². The van der Waals surface area contributed by atoms with Crippen molar-refractivity contribution in [1.82, 2.24) is 0 Å². The number of nitriles is 2. The zero-order valence-electron chi connectivity index (χ0n) is 42.4. The van der Waals surface area contributed by atoms with Gasteiger partial charge < -0.3 is 36.1 Å². The van der Waals surface area contributed by atoms with Gasteiger partial charge in [0, 0.05) is 31.7 Å². The summed E-state index contributed by atoms with van der Waals surface area (Å²) < 4.78 is 0. The van der Waals surface area contributed by atoms with E-state index < -0.39 is 0 Å². The van der Waals surface area contributed by atoms with Crippen molar-refractivity contribution < 1.29 is 42.1 Å². The standard InChI is InChI=1S/2C25H46P2.2CHNS.2CNS.2Pt/c2*1-5-13-22(14-6-1)26(23-15-7-2-8-16-23)21-27(24-17-9-3-10-18-24)25-19-11-4-12-20-25;4*2-1-3;;/h2*22-25H,1-21H2;2*3H;;;;/q;;;;2*-1;2*+2/p+2. The molecule has 0 aromatic heterocycles. The average Bonchev–Trinajstić information content (AvgIpc) is 3.38. The fourth-order valence-electron chi connectivity index (χ4n) is 14.7. The Kier molecular flexibility index (Phi) is 45.4. The molecule has 14 heteroatoms. The number of rotatable bonds is 12. The minimum atomic E-state index is -0.0959. The van der Waals surface area contributed by atoms with Crippen molar-refractivity contribution in [2.75, 3.05) is 11.8 Å². The molecular weight excluding hydrogens is 1350 g/mol. The summed E-state index contributed by atoms with van der Waals surface area (Å²) in [7, 11) is -0.384. The molecule has 8 fully saturated rings. The molecule has 0 heterocycles. The van der Waals surface area contributed by atoms with Gasteiger partial charge in [0.05, 0.1) is 45.3 Å². The first-order valence-corrected chi connectivity index (χ1v) is 37.0. The third-order valence-corrected chi connectivity index (χ3v) is 37.4. The normalized spacial score (nSPS) is 22.9. The van der Waals surface area contributed by atoms with Crippen molar-refractivity contribution in [2.24, 2.45) is 0 Å². The van der Waals surface area contributed by atoms with Gasteiger partial charge in [0.1, 0.15) is 0 Å². The van der Waals surface area contributed by atoms with Crippen molar-refractivity contribution in [3.05, 3.63) is 10.8 Å². The monoisotopic (exact) mass is 1440 g/mol. The van der Waals surface area contributed by atoms with Gasteiger partial charge in [0.15, 0.2) is 11.8 Å². The van der Waals surface area contributed by atoms with Crippen LogP contribution in [0.25, 0.3) is 10.8 Å². The molecule has 8 aliphatic carbocycles. The van der Waals surface area contributed by atoms with Crippen LogP contribution in [0, 0.1) is 21.3 Å². The maximum absolute atomic E-state index is 7.13. The molecule has 8 saturated carbocycles. The maximum atomic E-state index is 7.13. The Bertz CT molecular complexity index is 1100. The molecule has 4 nitrogen and oxygen atoms in total. The number of hydrogen-bond donors (Lipinski definition) is 0. The van der Waals surface area contributed by atoms with Crippen molar-refractivity contribution in [3.8, 4) is 10.8 Å². The molecule has 392 valence electrons. The van der Waals surface area contributed by atoms with E-state index in [0.717, 1.165) is 0 Å². The molecule has 8 rings (SSSR count). The van der Waals surface area contributed by atoms with Gasteiger partial charge in [-0.05, 0) is 205 Å². The fraction of sp³-hybridized carbons (Fsp3) is 0.926. The predicted octanol–water partition coefficient (Wildman–Crippen LogP) is 18.7. The fourth-order valence-corrected chi connectivity index (χ4v) is 39.6. The minimum absolute atomic E-state index is 0. The van der Waals surface area contributed by atoms with Gasteiger partial charge in [0.2, 0.25) is 0 Å². The third-order valence-electron chi connectivity index (χ3n) is 17.9. The molecule has 0 unspecified atom stereocenters. The minimum Gasteiger partial charge on any atom is -0.753 e. The largest absolute Gasteiger partial charge is 2.00 e. The summed E-state index contributed by atoms with van der Waals surface area (Å²) in [5.74, 6) is 3.72. The molecule has 0 spiro atoms. The van der Waals surface area contributed by atoms with Crippen LogP contribution in [0.4, 0.5) is 0 Å². The Morgan fingerprint density at radius 2 is 0.397 bits per heavy atom. The van der Waals surface area contributed by atoms with Gasteiger partial charge in [0.25, 0.3) is 0 Å². The maximum Gasteiger partial charge on any atom is 2.00 e. The van der Waals surface area contributed by atoms with E-state index in [-0.39, 0.29) is 73.8 Å². The Labute approximate surface area is 475 Å². The predicted molar refractivity (Wildman–Crippen MR) is 316 cm³/mol. The van der Waals surface area contributed by atoms with Gasteiger partial charge in [-0.1, -0.05) is 86.6 Å². The topological polar surface area (TPSA) is 92.2 Å². The van der Waals surface area contributed by atoms with E-state index in [1.54, 1.807) is 257 Å². The van der Waals surface area contributed by atoms with E-state index in [0.29, 0.717) is 0 Å².